The molecular formula is C14H17F2N3O. The number of nitrogens with zero attached hydrogens (tertiary/aromatic N) is 2. The van der Waals surface area contributed by atoms with E-state index in [0.29, 0.717) is 24.7 Å². The minimum atomic E-state index is -0.843. The third kappa shape index (κ3) is 3.54. The van der Waals surface area contributed by atoms with Gasteiger partial charge in [0.2, 0.25) is 5.95 Å². The van der Waals surface area contributed by atoms with E-state index >= 15 is 0 Å². The van der Waals surface area contributed by atoms with Crippen LogP contribution in [0.5, 0.6) is 0 Å². The fourth-order valence-electron chi connectivity index (χ4n) is 1.92. The van der Waals surface area contributed by atoms with Crippen LogP contribution < -0.4 is 5.32 Å². The van der Waals surface area contributed by atoms with Crippen LogP contribution >= 0.6 is 0 Å². The molecule has 4 nitrogen and oxygen atoms in total. The molecule has 0 aliphatic carbocycles. The third-order valence-electron chi connectivity index (χ3n) is 2.84. The first-order valence-electron chi connectivity index (χ1n) is 6.30. The van der Waals surface area contributed by atoms with Crippen LogP contribution in [-0.4, -0.2) is 29.3 Å². The topological polar surface area (TPSA) is 39.1 Å². The summed E-state index contributed by atoms with van der Waals surface area (Å²) in [4.78, 5) is 4.20. The van der Waals surface area contributed by atoms with Gasteiger partial charge >= 0.3 is 0 Å². The van der Waals surface area contributed by atoms with E-state index in [2.05, 4.69) is 10.3 Å². The SMILES string of the molecule is COCC(C)Nc1nccn1Cc1ccc(F)c(F)c1. The molecule has 0 aliphatic heterocycles. The van der Waals surface area contributed by atoms with Gasteiger partial charge in [-0.05, 0) is 24.6 Å². The molecule has 0 radical (unpaired) electrons. The molecule has 1 aromatic heterocycles. The summed E-state index contributed by atoms with van der Waals surface area (Å²) in [5.74, 6) is -1.02. The van der Waals surface area contributed by atoms with Gasteiger partial charge in [-0.15, -0.1) is 0 Å². The van der Waals surface area contributed by atoms with Crippen LogP contribution in [0.3, 0.4) is 0 Å². The standard InChI is InChI=1S/C14H17F2N3O/c1-10(9-20-2)18-14-17-5-6-19(14)8-11-3-4-12(15)13(16)7-11/h3-7,10H,8-9H2,1-2H3,(H,17,18). The maximum Gasteiger partial charge on any atom is 0.203 e. The summed E-state index contributed by atoms with van der Waals surface area (Å²) in [6.07, 6.45) is 3.44. The normalized spacial score (nSPS) is 12.4. The molecule has 0 fully saturated rings. The van der Waals surface area contributed by atoms with Crippen LogP contribution in [0.25, 0.3) is 0 Å². The fraction of sp³-hybridized carbons (Fsp3) is 0.357. The van der Waals surface area contributed by atoms with Crippen molar-refractivity contribution in [2.45, 2.75) is 19.5 Å². The summed E-state index contributed by atoms with van der Waals surface area (Å²) in [5.41, 5.74) is 0.671. The van der Waals surface area contributed by atoms with Crippen molar-refractivity contribution in [2.24, 2.45) is 0 Å². The van der Waals surface area contributed by atoms with Crippen molar-refractivity contribution < 1.29 is 13.5 Å². The lowest BCUT2D eigenvalue weighted by atomic mass is 10.2. The lowest BCUT2D eigenvalue weighted by Crippen LogP contribution is -2.23. The smallest absolute Gasteiger partial charge is 0.203 e. The Balaban J connectivity index is 2.09. The summed E-state index contributed by atoms with van der Waals surface area (Å²) >= 11 is 0. The quantitative estimate of drug-likeness (QED) is 0.884. The number of methoxy groups -OCH3 is 1. The third-order valence-corrected chi connectivity index (χ3v) is 2.84. The average molecular weight is 281 g/mol. The molecule has 1 aromatic carbocycles. The summed E-state index contributed by atoms with van der Waals surface area (Å²) in [5, 5.41) is 3.20. The Morgan fingerprint density at radius 2 is 2.15 bits per heavy atom. The minimum absolute atomic E-state index is 0.103. The second-order valence-corrected chi connectivity index (χ2v) is 4.63. The van der Waals surface area contributed by atoms with Gasteiger partial charge in [0.05, 0.1) is 13.2 Å². The molecule has 2 rings (SSSR count). The van der Waals surface area contributed by atoms with Gasteiger partial charge in [0, 0.05) is 25.5 Å². The van der Waals surface area contributed by atoms with Gasteiger partial charge < -0.3 is 14.6 Å². The van der Waals surface area contributed by atoms with Gasteiger partial charge in [0.1, 0.15) is 0 Å². The predicted octanol–water partition coefficient (Wildman–Crippen LogP) is 2.66. The molecule has 0 amide bonds. The molecule has 6 heteroatoms. The average Bonchev–Trinajstić information content (AvgIpc) is 2.81. The summed E-state index contributed by atoms with van der Waals surface area (Å²) < 4.78 is 33.0. The van der Waals surface area contributed by atoms with Crippen molar-refractivity contribution >= 4 is 5.95 Å². The van der Waals surface area contributed by atoms with Gasteiger partial charge in [-0.2, -0.15) is 0 Å². The first kappa shape index (κ1) is 14.5. The molecule has 20 heavy (non-hydrogen) atoms. The van der Waals surface area contributed by atoms with Gasteiger partial charge in [-0.3, -0.25) is 0 Å². The van der Waals surface area contributed by atoms with Crippen molar-refractivity contribution in [2.75, 3.05) is 19.0 Å². The van der Waals surface area contributed by atoms with Gasteiger partial charge in [0.15, 0.2) is 11.6 Å². The van der Waals surface area contributed by atoms with Crippen LogP contribution in [0, 0.1) is 11.6 Å². The number of rotatable bonds is 6. The molecule has 0 bridgehead atoms. The molecule has 108 valence electrons. The van der Waals surface area contributed by atoms with Crippen LogP contribution in [0.4, 0.5) is 14.7 Å². The number of halogens is 2. The predicted molar refractivity (Wildman–Crippen MR) is 72.6 cm³/mol. The highest BCUT2D eigenvalue weighted by atomic mass is 19.2. The number of hydrogen-bond donors (Lipinski definition) is 1. The van der Waals surface area contributed by atoms with Crippen LogP contribution in [0.15, 0.2) is 30.6 Å². The zero-order valence-corrected chi connectivity index (χ0v) is 11.4. The second-order valence-electron chi connectivity index (χ2n) is 4.63. The minimum Gasteiger partial charge on any atom is -0.383 e. The maximum atomic E-state index is 13.2. The monoisotopic (exact) mass is 281 g/mol. The van der Waals surface area contributed by atoms with Crippen LogP contribution in [0.2, 0.25) is 0 Å². The molecule has 1 heterocycles. The number of benzene rings is 1. The van der Waals surface area contributed by atoms with E-state index in [1.807, 2.05) is 11.5 Å². The van der Waals surface area contributed by atoms with E-state index in [1.54, 1.807) is 25.6 Å². The Kier molecular flexibility index (Phi) is 4.68. The molecule has 0 spiro atoms. The molecule has 1 N–H and O–H groups in total. The molecule has 0 saturated carbocycles. The highest BCUT2D eigenvalue weighted by Gasteiger charge is 2.09. The lowest BCUT2D eigenvalue weighted by Gasteiger charge is -2.15. The van der Waals surface area contributed by atoms with Crippen molar-refractivity contribution in [1.82, 2.24) is 9.55 Å². The number of hydrogen-bond acceptors (Lipinski definition) is 3. The van der Waals surface area contributed by atoms with Crippen molar-refractivity contribution in [1.29, 1.82) is 0 Å². The van der Waals surface area contributed by atoms with Crippen LogP contribution in [-0.2, 0) is 11.3 Å². The Hall–Kier alpha value is -1.95. The molecule has 1 atom stereocenters. The fourth-order valence-corrected chi connectivity index (χ4v) is 1.92. The number of ether oxygens (including phenoxy) is 1. The maximum absolute atomic E-state index is 13.2. The zero-order valence-electron chi connectivity index (χ0n) is 11.4. The van der Waals surface area contributed by atoms with Gasteiger partial charge in [0.25, 0.3) is 0 Å². The summed E-state index contributed by atoms with van der Waals surface area (Å²) in [6, 6.07) is 3.98. The Bertz CT molecular complexity index is 571. The first-order valence-corrected chi connectivity index (χ1v) is 6.30. The second kappa shape index (κ2) is 6.47. The van der Waals surface area contributed by atoms with Crippen molar-refractivity contribution in [3.8, 4) is 0 Å². The lowest BCUT2D eigenvalue weighted by molar-refractivity contribution is 0.190. The molecule has 0 saturated heterocycles. The Labute approximate surface area is 116 Å². The van der Waals surface area contributed by atoms with E-state index in [4.69, 9.17) is 4.74 Å². The molecule has 1 unspecified atom stereocenters. The van der Waals surface area contributed by atoms with Gasteiger partial charge in [-0.25, -0.2) is 13.8 Å². The Morgan fingerprint density at radius 3 is 2.85 bits per heavy atom. The van der Waals surface area contributed by atoms with Crippen molar-refractivity contribution in [3.63, 3.8) is 0 Å². The van der Waals surface area contributed by atoms with Gasteiger partial charge in [-0.1, -0.05) is 6.07 Å². The van der Waals surface area contributed by atoms with E-state index in [9.17, 15) is 8.78 Å². The molecule has 2 aromatic rings. The number of aromatic nitrogens is 2. The van der Waals surface area contributed by atoms with E-state index in [1.165, 1.54) is 6.07 Å². The largest absolute Gasteiger partial charge is 0.383 e. The van der Waals surface area contributed by atoms with Crippen LogP contribution in [0.1, 0.15) is 12.5 Å². The number of imidazole rings is 1. The number of nitrogens with one attached hydrogen (secondary N) is 1. The highest BCUT2D eigenvalue weighted by Crippen LogP contribution is 2.13. The van der Waals surface area contributed by atoms with E-state index < -0.39 is 11.6 Å². The Morgan fingerprint density at radius 1 is 1.35 bits per heavy atom. The first-order chi connectivity index (χ1) is 9.60. The molecule has 0 aliphatic rings. The summed E-state index contributed by atoms with van der Waals surface area (Å²) in [6.45, 7) is 2.94. The number of anilines is 1. The van der Waals surface area contributed by atoms with Crippen molar-refractivity contribution in [3.05, 3.63) is 47.8 Å². The van der Waals surface area contributed by atoms with E-state index in [-0.39, 0.29) is 6.04 Å². The summed E-state index contributed by atoms with van der Waals surface area (Å²) in [7, 11) is 1.63. The van der Waals surface area contributed by atoms with E-state index in [0.717, 1.165) is 6.07 Å². The molecular weight excluding hydrogens is 264 g/mol. The zero-order chi connectivity index (χ0) is 14.5. The highest BCUT2D eigenvalue weighted by molar-refractivity contribution is 5.29.